The van der Waals surface area contributed by atoms with Crippen molar-refractivity contribution in [3.05, 3.63) is 55.4 Å². The Morgan fingerprint density at radius 3 is 1.48 bits per heavy atom. The molecule has 3 N–H and O–H groups in total. The molecular weight excluding hydrogens is 465 g/mol. The van der Waals surface area contributed by atoms with Crippen molar-refractivity contribution < 1.29 is 0 Å². The summed E-state index contributed by atoms with van der Waals surface area (Å²) in [6, 6.07) is 6.94. The van der Waals surface area contributed by atoms with Crippen LogP contribution in [0.15, 0.2) is 43.8 Å². The summed E-state index contributed by atoms with van der Waals surface area (Å²) in [7, 11) is 7.87. The zero-order valence-corrected chi connectivity index (χ0v) is 20.7. The fourth-order valence-corrected chi connectivity index (χ4v) is 3.75. The first kappa shape index (κ1) is 26.5. The Labute approximate surface area is 202 Å². The lowest BCUT2D eigenvalue weighted by Crippen LogP contribution is -2.29. The highest BCUT2D eigenvalue weighted by Gasteiger charge is 2.18. The van der Waals surface area contributed by atoms with Gasteiger partial charge in [0.05, 0.1) is 34.6 Å². The predicted octanol–water partition coefficient (Wildman–Crippen LogP) is 1.06. The molecule has 0 radical (unpaired) electrons. The number of hydrogen-bond donors (Lipinski definition) is 3. The Bertz CT molecular complexity index is 1390. The molecule has 0 bridgehead atoms. The minimum Gasteiger partial charge on any atom is -0.308 e. The summed E-state index contributed by atoms with van der Waals surface area (Å²) in [5.41, 5.74) is 0.881. The SMILES string of the molecule is CN(C)CCN=c1c2[nH][nH][nH]c2c(=NCCN(C)C)c2c(=O)c3ccccc3c(=O)c12.Cl.Cl. The third-order valence-electron chi connectivity index (χ3n) is 5.33. The summed E-state index contributed by atoms with van der Waals surface area (Å²) >= 11 is 0. The van der Waals surface area contributed by atoms with Crippen molar-refractivity contribution >= 4 is 57.4 Å². The first-order chi connectivity index (χ1) is 14.9. The van der Waals surface area contributed by atoms with E-state index in [1.807, 2.05) is 38.0 Å². The molecule has 0 aliphatic rings. The smallest absolute Gasteiger partial charge is 0.196 e. The molecule has 1 aromatic heterocycles. The lowest BCUT2D eigenvalue weighted by Gasteiger charge is -2.08. The molecule has 33 heavy (non-hydrogen) atoms. The van der Waals surface area contributed by atoms with Crippen LogP contribution in [0.4, 0.5) is 0 Å². The molecule has 11 heteroatoms. The second kappa shape index (κ2) is 10.9. The molecule has 0 unspecified atom stereocenters. The van der Waals surface area contributed by atoms with Crippen LogP contribution in [0.1, 0.15) is 0 Å². The molecule has 0 saturated heterocycles. The largest absolute Gasteiger partial charge is 0.308 e. The van der Waals surface area contributed by atoms with Crippen LogP contribution in [0, 0.1) is 0 Å². The van der Waals surface area contributed by atoms with Gasteiger partial charge in [0.25, 0.3) is 0 Å². The Kier molecular flexibility index (Phi) is 8.79. The number of aromatic nitrogens is 3. The number of likely N-dealkylation sites (N-methyl/N-ethyl adjacent to an activating group) is 2. The van der Waals surface area contributed by atoms with Crippen molar-refractivity contribution in [3.63, 3.8) is 0 Å². The Morgan fingerprint density at radius 1 is 0.727 bits per heavy atom. The molecule has 9 nitrogen and oxygen atoms in total. The third kappa shape index (κ3) is 4.96. The molecule has 1 heterocycles. The molecule has 4 aromatic rings. The van der Waals surface area contributed by atoms with Crippen LogP contribution in [-0.4, -0.2) is 79.6 Å². The third-order valence-corrected chi connectivity index (χ3v) is 5.33. The molecule has 0 saturated carbocycles. The summed E-state index contributed by atoms with van der Waals surface area (Å²) in [4.78, 5) is 40.6. The van der Waals surface area contributed by atoms with Gasteiger partial charge in [0, 0.05) is 23.9 Å². The van der Waals surface area contributed by atoms with E-state index in [1.54, 1.807) is 24.3 Å². The molecule has 0 atom stereocenters. The van der Waals surface area contributed by atoms with Crippen LogP contribution in [0.2, 0.25) is 0 Å². The van der Waals surface area contributed by atoms with Crippen molar-refractivity contribution in [2.45, 2.75) is 0 Å². The first-order valence-corrected chi connectivity index (χ1v) is 10.2. The van der Waals surface area contributed by atoms with Crippen LogP contribution in [-0.2, 0) is 0 Å². The van der Waals surface area contributed by atoms with Gasteiger partial charge in [-0.2, -0.15) is 0 Å². The van der Waals surface area contributed by atoms with Crippen LogP contribution in [0.3, 0.4) is 0 Å². The number of nitrogens with one attached hydrogen (secondary N) is 3. The van der Waals surface area contributed by atoms with Crippen molar-refractivity contribution in [2.75, 3.05) is 54.4 Å². The van der Waals surface area contributed by atoms with Crippen LogP contribution < -0.4 is 21.6 Å². The van der Waals surface area contributed by atoms with Gasteiger partial charge in [-0.25, -0.2) is 5.21 Å². The quantitative estimate of drug-likeness (QED) is 0.348. The number of nitrogens with zero attached hydrogens (tertiary/aromatic N) is 4. The predicted molar refractivity (Wildman–Crippen MR) is 138 cm³/mol. The molecule has 4 rings (SSSR count). The van der Waals surface area contributed by atoms with Crippen molar-refractivity contribution in [1.82, 2.24) is 25.2 Å². The van der Waals surface area contributed by atoms with E-state index in [4.69, 9.17) is 9.98 Å². The molecule has 0 spiro atoms. The fraction of sp³-hybridized carbons (Fsp3) is 0.364. The van der Waals surface area contributed by atoms with E-state index in [1.165, 1.54) is 0 Å². The van der Waals surface area contributed by atoms with Crippen molar-refractivity contribution in [3.8, 4) is 0 Å². The molecular formula is C22H29Cl2N7O2. The van der Waals surface area contributed by atoms with Gasteiger partial charge >= 0.3 is 0 Å². The maximum atomic E-state index is 13.6. The maximum absolute atomic E-state index is 13.6. The van der Waals surface area contributed by atoms with E-state index >= 15 is 0 Å². The molecule has 178 valence electrons. The van der Waals surface area contributed by atoms with E-state index in [0.29, 0.717) is 56.4 Å². The molecule has 0 fully saturated rings. The number of hydrogen-bond acceptors (Lipinski definition) is 6. The zero-order chi connectivity index (χ0) is 22.1. The van der Waals surface area contributed by atoms with Crippen LogP contribution >= 0.6 is 24.8 Å². The van der Waals surface area contributed by atoms with Crippen LogP contribution in [0.5, 0.6) is 0 Å². The Hall–Kier alpha value is -2.72. The average Bonchev–Trinajstić information content (AvgIpc) is 3.22. The number of rotatable bonds is 6. The van der Waals surface area contributed by atoms with Gasteiger partial charge in [-0.05, 0) is 28.2 Å². The standard InChI is InChI=1S/C22H27N7O2.2ClH/c1-28(2)11-9-23-17-15-16(22(31)14-8-6-5-7-13(14)21(15)30)18(24-10-12-29(3)4)20-19(17)25-27-26-20;;/h5-8,25-27H,9-12H2,1-4H3;2*1H. The highest BCUT2D eigenvalue weighted by atomic mass is 35.5. The van der Waals surface area contributed by atoms with Crippen molar-refractivity contribution in [2.24, 2.45) is 9.98 Å². The van der Waals surface area contributed by atoms with Crippen molar-refractivity contribution in [1.29, 1.82) is 0 Å². The summed E-state index contributed by atoms with van der Waals surface area (Å²) < 4.78 is 0. The number of halogens is 2. The fourth-order valence-electron chi connectivity index (χ4n) is 3.75. The number of benzene rings is 3. The molecule has 0 aliphatic carbocycles. The van der Waals surface area contributed by atoms with Gasteiger partial charge in [-0.1, -0.05) is 24.3 Å². The number of aromatic amines is 3. The second-order valence-electron chi connectivity index (χ2n) is 8.15. The van der Waals surface area contributed by atoms with E-state index in [0.717, 1.165) is 13.1 Å². The maximum Gasteiger partial charge on any atom is 0.196 e. The summed E-state index contributed by atoms with van der Waals surface area (Å²) in [5, 5.41) is 11.4. The van der Waals surface area contributed by atoms with Gasteiger partial charge in [-0.3, -0.25) is 29.8 Å². The van der Waals surface area contributed by atoms with Gasteiger partial charge in [0.1, 0.15) is 11.0 Å². The molecule has 3 aromatic carbocycles. The highest BCUT2D eigenvalue weighted by molar-refractivity contribution is 6.02. The van der Waals surface area contributed by atoms with Gasteiger partial charge in [0.15, 0.2) is 10.9 Å². The summed E-state index contributed by atoms with van der Waals surface area (Å²) in [5.74, 6) is 0. The molecule has 0 aliphatic heterocycles. The topological polar surface area (TPSA) is 113 Å². The lowest BCUT2D eigenvalue weighted by molar-refractivity contribution is 0.419. The second-order valence-corrected chi connectivity index (χ2v) is 8.15. The lowest BCUT2D eigenvalue weighted by atomic mass is 10.00. The zero-order valence-electron chi connectivity index (χ0n) is 19.1. The minimum absolute atomic E-state index is 0. The summed E-state index contributed by atoms with van der Waals surface area (Å²) in [6.07, 6.45) is 0. The number of H-pyrrole nitrogens is 3. The van der Waals surface area contributed by atoms with E-state index < -0.39 is 0 Å². The highest BCUT2D eigenvalue weighted by Crippen LogP contribution is 2.11. The van der Waals surface area contributed by atoms with Crippen LogP contribution in [0.25, 0.3) is 32.6 Å². The van der Waals surface area contributed by atoms with Gasteiger partial charge in [-0.15, -0.1) is 24.8 Å². The van der Waals surface area contributed by atoms with Gasteiger partial charge < -0.3 is 9.80 Å². The van der Waals surface area contributed by atoms with E-state index in [-0.39, 0.29) is 35.7 Å². The Morgan fingerprint density at radius 2 is 1.12 bits per heavy atom. The monoisotopic (exact) mass is 493 g/mol. The summed E-state index contributed by atoms with van der Waals surface area (Å²) in [6.45, 7) is 2.43. The first-order valence-electron chi connectivity index (χ1n) is 10.2. The van der Waals surface area contributed by atoms with Gasteiger partial charge in [0.2, 0.25) is 0 Å². The Balaban J connectivity index is 0.00000193. The molecule has 0 amide bonds. The normalized spacial score (nSPS) is 12.8. The van der Waals surface area contributed by atoms with E-state index in [2.05, 4.69) is 15.4 Å². The number of fused-ring (bicyclic) bond motifs is 3. The van der Waals surface area contributed by atoms with E-state index in [9.17, 15) is 9.59 Å². The average molecular weight is 494 g/mol. The minimum atomic E-state index is -0.200.